The van der Waals surface area contributed by atoms with Crippen LogP contribution in [-0.2, 0) is 4.79 Å². The predicted octanol–water partition coefficient (Wildman–Crippen LogP) is 4.47. The van der Waals surface area contributed by atoms with Crippen LogP contribution in [0.5, 0.6) is 0 Å². The molecule has 2 aromatic carbocycles. The van der Waals surface area contributed by atoms with E-state index in [2.05, 4.69) is 20.9 Å². The normalized spacial score (nSPS) is 11.4. The number of carbonyl (C=O) groups excluding carboxylic acids is 2. The number of aromatic nitrogens is 1. The Labute approximate surface area is 164 Å². The maximum atomic E-state index is 12.6. The van der Waals surface area contributed by atoms with Crippen molar-refractivity contribution in [3.05, 3.63) is 84.1 Å². The highest BCUT2D eigenvalue weighted by Crippen LogP contribution is 2.19. The minimum absolute atomic E-state index is 0.0568. The summed E-state index contributed by atoms with van der Waals surface area (Å²) in [5, 5.41) is 8.84. The van der Waals surface area contributed by atoms with Crippen molar-refractivity contribution < 1.29 is 9.59 Å². The first-order valence-corrected chi connectivity index (χ1v) is 8.98. The van der Waals surface area contributed by atoms with E-state index in [0.29, 0.717) is 22.8 Å². The third-order valence-corrected chi connectivity index (χ3v) is 4.13. The number of benzene rings is 2. The molecular formula is C22H22N4O2. The number of nitrogens with one attached hydrogen (secondary N) is 3. The van der Waals surface area contributed by atoms with Crippen molar-refractivity contribution in [1.82, 2.24) is 4.98 Å². The van der Waals surface area contributed by atoms with Gasteiger partial charge in [0.2, 0.25) is 5.91 Å². The van der Waals surface area contributed by atoms with Crippen molar-refractivity contribution in [2.24, 2.45) is 0 Å². The minimum Gasteiger partial charge on any atom is -0.364 e. The monoisotopic (exact) mass is 374 g/mol. The second-order valence-electron chi connectivity index (χ2n) is 6.42. The van der Waals surface area contributed by atoms with Gasteiger partial charge in [-0.2, -0.15) is 0 Å². The largest absolute Gasteiger partial charge is 0.364 e. The molecule has 1 aromatic heterocycles. The van der Waals surface area contributed by atoms with E-state index in [0.717, 1.165) is 5.56 Å². The van der Waals surface area contributed by atoms with Crippen molar-refractivity contribution in [3.63, 3.8) is 0 Å². The Morgan fingerprint density at radius 3 is 2.32 bits per heavy atom. The molecule has 0 saturated heterocycles. The fourth-order valence-electron chi connectivity index (χ4n) is 2.78. The summed E-state index contributed by atoms with van der Waals surface area (Å²) in [6.45, 7) is 3.48. The molecular weight excluding hydrogens is 352 g/mol. The zero-order valence-electron chi connectivity index (χ0n) is 15.8. The van der Waals surface area contributed by atoms with Crippen LogP contribution in [-0.4, -0.2) is 16.8 Å². The number of nitrogens with zero attached hydrogens (tertiary/aromatic N) is 1. The van der Waals surface area contributed by atoms with E-state index in [1.165, 1.54) is 6.92 Å². The molecule has 0 fully saturated rings. The number of carbonyl (C=O) groups is 2. The van der Waals surface area contributed by atoms with Gasteiger partial charge in [-0.25, -0.2) is 4.98 Å². The fourth-order valence-corrected chi connectivity index (χ4v) is 2.78. The molecule has 3 aromatic rings. The van der Waals surface area contributed by atoms with Crippen LogP contribution >= 0.6 is 0 Å². The van der Waals surface area contributed by atoms with Gasteiger partial charge < -0.3 is 16.0 Å². The summed E-state index contributed by atoms with van der Waals surface area (Å²) < 4.78 is 0. The van der Waals surface area contributed by atoms with E-state index >= 15 is 0 Å². The molecule has 0 radical (unpaired) electrons. The summed E-state index contributed by atoms with van der Waals surface area (Å²) in [7, 11) is 0. The summed E-state index contributed by atoms with van der Waals surface area (Å²) in [6.07, 6.45) is 1.60. The zero-order valence-corrected chi connectivity index (χ0v) is 15.8. The summed E-state index contributed by atoms with van der Waals surface area (Å²) in [5.41, 5.74) is 2.84. The van der Waals surface area contributed by atoms with Gasteiger partial charge in [-0.3, -0.25) is 9.59 Å². The molecule has 2 amide bonds. The molecule has 0 spiro atoms. The second-order valence-corrected chi connectivity index (χ2v) is 6.42. The first-order chi connectivity index (χ1) is 13.5. The molecule has 6 nitrogen and oxygen atoms in total. The Balaban J connectivity index is 1.69. The molecule has 1 heterocycles. The molecule has 3 N–H and O–H groups in total. The molecule has 0 saturated carbocycles. The van der Waals surface area contributed by atoms with Gasteiger partial charge in [0.15, 0.2) is 0 Å². The van der Waals surface area contributed by atoms with Crippen molar-refractivity contribution in [1.29, 1.82) is 0 Å². The lowest BCUT2D eigenvalue weighted by molar-refractivity contribution is -0.114. The van der Waals surface area contributed by atoms with Gasteiger partial charge in [0, 0.05) is 36.1 Å². The second kappa shape index (κ2) is 8.81. The number of pyridine rings is 1. The Hall–Kier alpha value is -3.67. The number of amides is 2. The van der Waals surface area contributed by atoms with Crippen LogP contribution in [0.3, 0.4) is 0 Å². The van der Waals surface area contributed by atoms with Gasteiger partial charge in [-0.15, -0.1) is 0 Å². The third-order valence-electron chi connectivity index (χ3n) is 4.13. The Kier molecular flexibility index (Phi) is 6.01. The maximum Gasteiger partial charge on any atom is 0.255 e. The maximum absolute atomic E-state index is 12.6. The molecule has 0 bridgehead atoms. The van der Waals surface area contributed by atoms with Crippen LogP contribution in [0, 0.1) is 0 Å². The van der Waals surface area contributed by atoms with Gasteiger partial charge in [0.25, 0.3) is 5.91 Å². The fraction of sp³-hybridized carbons (Fsp3) is 0.136. The first kappa shape index (κ1) is 19.1. The topological polar surface area (TPSA) is 83.1 Å². The lowest BCUT2D eigenvalue weighted by Gasteiger charge is -2.15. The summed E-state index contributed by atoms with van der Waals surface area (Å²) >= 11 is 0. The molecule has 0 aliphatic rings. The SMILES string of the molecule is CC(=O)Nc1cccc(NC(=O)c2ccnc(NC(C)c3ccccc3)c2)c1. The van der Waals surface area contributed by atoms with E-state index in [1.54, 1.807) is 42.6 Å². The summed E-state index contributed by atoms with van der Waals surface area (Å²) in [5.74, 6) is 0.203. The van der Waals surface area contributed by atoms with Gasteiger partial charge in [-0.05, 0) is 42.8 Å². The van der Waals surface area contributed by atoms with E-state index in [-0.39, 0.29) is 17.9 Å². The molecule has 28 heavy (non-hydrogen) atoms. The van der Waals surface area contributed by atoms with Crippen LogP contribution in [0.1, 0.15) is 35.8 Å². The van der Waals surface area contributed by atoms with E-state index in [1.807, 2.05) is 37.3 Å². The standard InChI is InChI=1S/C22H22N4O2/c1-15(17-7-4-3-5-8-17)24-21-13-18(11-12-23-21)22(28)26-20-10-6-9-19(14-20)25-16(2)27/h3-15H,1-2H3,(H,23,24)(H,25,27)(H,26,28). The lowest BCUT2D eigenvalue weighted by Crippen LogP contribution is -2.14. The summed E-state index contributed by atoms with van der Waals surface area (Å²) in [6, 6.07) is 20.4. The molecule has 0 aliphatic heterocycles. The van der Waals surface area contributed by atoms with Gasteiger partial charge in [0.05, 0.1) is 0 Å². The van der Waals surface area contributed by atoms with Crippen LogP contribution in [0.2, 0.25) is 0 Å². The third kappa shape index (κ3) is 5.17. The van der Waals surface area contributed by atoms with Crippen LogP contribution in [0.15, 0.2) is 72.9 Å². The van der Waals surface area contributed by atoms with Gasteiger partial charge in [-0.1, -0.05) is 36.4 Å². The predicted molar refractivity (Wildman–Crippen MR) is 111 cm³/mol. The Morgan fingerprint density at radius 2 is 1.61 bits per heavy atom. The average molecular weight is 374 g/mol. The molecule has 3 rings (SSSR count). The van der Waals surface area contributed by atoms with Crippen molar-refractivity contribution in [2.75, 3.05) is 16.0 Å². The highest BCUT2D eigenvalue weighted by molar-refractivity contribution is 6.05. The van der Waals surface area contributed by atoms with Crippen molar-refractivity contribution in [3.8, 4) is 0 Å². The highest BCUT2D eigenvalue weighted by Gasteiger charge is 2.10. The number of hydrogen-bond donors (Lipinski definition) is 3. The molecule has 0 aliphatic carbocycles. The van der Waals surface area contributed by atoms with Crippen molar-refractivity contribution in [2.45, 2.75) is 19.9 Å². The van der Waals surface area contributed by atoms with Gasteiger partial charge in [0.1, 0.15) is 5.82 Å². The Morgan fingerprint density at radius 1 is 0.893 bits per heavy atom. The molecule has 1 atom stereocenters. The van der Waals surface area contributed by atoms with Crippen LogP contribution in [0.25, 0.3) is 0 Å². The van der Waals surface area contributed by atoms with Gasteiger partial charge >= 0.3 is 0 Å². The molecule has 1 unspecified atom stereocenters. The van der Waals surface area contributed by atoms with Crippen molar-refractivity contribution >= 4 is 29.0 Å². The average Bonchev–Trinajstić information content (AvgIpc) is 2.68. The molecule has 6 heteroatoms. The Bertz CT molecular complexity index is 973. The van der Waals surface area contributed by atoms with Crippen LogP contribution < -0.4 is 16.0 Å². The van der Waals surface area contributed by atoms with E-state index in [9.17, 15) is 9.59 Å². The minimum atomic E-state index is -0.252. The molecule has 142 valence electrons. The van der Waals surface area contributed by atoms with E-state index < -0.39 is 0 Å². The number of anilines is 3. The zero-order chi connectivity index (χ0) is 19.9. The first-order valence-electron chi connectivity index (χ1n) is 8.98. The highest BCUT2D eigenvalue weighted by atomic mass is 16.2. The van der Waals surface area contributed by atoms with E-state index in [4.69, 9.17) is 0 Å². The number of hydrogen-bond acceptors (Lipinski definition) is 4. The van der Waals surface area contributed by atoms with Crippen LogP contribution in [0.4, 0.5) is 17.2 Å². The smallest absolute Gasteiger partial charge is 0.255 e. The summed E-state index contributed by atoms with van der Waals surface area (Å²) in [4.78, 5) is 28.1. The number of rotatable bonds is 6. The quantitative estimate of drug-likeness (QED) is 0.595. The lowest BCUT2D eigenvalue weighted by atomic mass is 10.1.